The molecule has 0 unspecified atom stereocenters. The first-order valence-electron chi connectivity index (χ1n) is 3.98. The molecule has 0 saturated heterocycles. The molecule has 2 heteroatoms. The summed E-state index contributed by atoms with van der Waals surface area (Å²) in [6, 6.07) is 8.18. The molecule has 1 aromatic rings. The van der Waals surface area contributed by atoms with Gasteiger partial charge in [0.25, 0.3) is 0 Å². The van der Waals surface area contributed by atoms with E-state index in [4.69, 9.17) is 4.74 Å². The lowest BCUT2D eigenvalue weighted by molar-refractivity contribution is 0.414. The first kappa shape index (κ1) is 9.59. The van der Waals surface area contributed by atoms with Gasteiger partial charge in [-0.15, -0.1) is 0 Å². The normalized spacial score (nSPS) is 12.6. The zero-order valence-corrected chi connectivity index (χ0v) is 8.97. The van der Waals surface area contributed by atoms with Crippen LogP contribution < -0.4 is 4.74 Å². The monoisotopic (exact) mass is 228 g/mol. The summed E-state index contributed by atoms with van der Waals surface area (Å²) < 4.78 is 5.13. The van der Waals surface area contributed by atoms with Gasteiger partial charge in [0.05, 0.1) is 7.11 Å². The summed E-state index contributed by atoms with van der Waals surface area (Å²) in [5.74, 6) is 1.47. The van der Waals surface area contributed by atoms with E-state index in [1.165, 1.54) is 5.56 Å². The standard InChI is InChI=1S/C10H13BrO/c1-8(7-11)9-4-3-5-10(6-9)12-2/h3-6,8H,7H2,1-2H3/t8-/m0/s1. The Kier molecular flexibility index (Phi) is 3.60. The predicted molar refractivity (Wildman–Crippen MR) is 55.2 cm³/mol. The van der Waals surface area contributed by atoms with E-state index in [2.05, 4.69) is 35.0 Å². The second kappa shape index (κ2) is 4.51. The number of rotatable bonds is 3. The van der Waals surface area contributed by atoms with Crippen LogP contribution in [0.15, 0.2) is 24.3 Å². The molecule has 12 heavy (non-hydrogen) atoms. The van der Waals surface area contributed by atoms with Crippen LogP contribution in [0.4, 0.5) is 0 Å². The lowest BCUT2D eigenvalue weighted by atomic mass is 10.0. The average molecular weight is 229 g/mol. The highest BCUT2D eigenvalue weighted by atomic mass is 79.9. The van der Waals surface area contributed by atoms with Crippen molar-refractivity contribution in [2.75, 3.05) is 12.4 Å². The first-order chi connectivity index (χ1) is 5.77. The Hall–Kier alpha value is -0.500. The Bertz CT molecular complexity index is 247. The van der Waals surface area contributed by atoms with Crippen molar-refractivity contribution >= 4 is 15.9 Å². The average Bonchev–Trinajstić information content (AvgIpc) is 2.17. The second-order valence-corrected chi connectivity index (χ2v) is 3.48. The molecule has 0 radical (unpaired) electrons. The van der Waals surface area contributed by atoms with Crippen molar-refractivity contribution in [3.05, 3.63) is 29.8 Å². The van der Waals surface area contributed by atoms with Crippen molar-refractivity contribution in [2.45, 2.75) is 12.8 Å². The summed E-state index contributed by atoms with van der Waals surface area (Å²) in [5, 5.41) is 0.986. The molecule has 0 spiro atoms. The van der Waals surface area contributed by atoms with Gasteiger partial charge in [-0.1, -0.05) is 35.0 Å². The summed E-state index contributed by atoms with van der Waals surface area (Å²) in [7, 11) is 1.69. The molecule has 1 aromatic carbocycles. The van der Waals surface area contributed by atoms with E-state index in [9.17, 15) is 0 Å². The van der Waals surface area contributed by atoms with Crippen LogP contribution in [0, 0.1) is 0 Å². The van der Waals surface area contributed by atoms with Crippen molar-refractivity contribution in [2.24, 2.45) is 0 Å². The van der Waals surface area contributed by atoms with Crippen LogP contribution in [0.2, 0.25) is 0 Å². The molecule has 0 amide bonds. The molecule has 0 aliphatic carbocycles. The van der Waals surface area contributed by atoms with E-state index in [0.717, 1.165) is 11.1 Å². The van der Waals surface area contributed by atoms with E-state index < -0.39 is 0 Å². The van der Waals surface area contributed by atoms with Crippen LogP contribution in [0.5, 0.6) is 5.75 Å². The van der Waals surface area contributed by atoms with E-state index in [-0.39, 0.29) is 0 Å². The molecule has 0 heterocycles. The lowest BCUT2D eigenvalue weighted by Gasteiger charge is -2.08. The van der Waals surface area contributed by atoms with Crippen molar-refractivity contribution in [3.8, 4) is 5.75 Å². The highest BCUT2D eigenvalue weighted by Gasteiger charge is 2.03. The van der Waals surface area contributed by atoms with Crippen molar-refractivity contribution in [1.29, 1.82) is 0 Å². The van der Waals surface area contributed by atoms with Crippen molar-refractivity contribution in [1.82, 2.24) is 0 Å². The number of alkyl halides is 1. The topological polar surface area (TPSA) is 9.23 Å². The predicted octanol–water partition coefficient (Wildman–Crippen LogP) is 3.19. The van der Waals surface area contributed by atoms with Crippen LogP contribution in [0.25, 0.3) is 0 Å². The van der Waals surface area contributed by atoms with Gasteiger partial charge in [0.2, 0.25) is 0 Å². The van der Waals surface area contributed by atoms with E-state index in [1.807, 2.05) is 12.1 Å². The van der Waals surface area contributed by atoms with Crippen molar-refractivity contribution in [3.63, 3.8) is 0 Å². The maximum atomic E-state index is 5.13. The third-order valence-electron chi connectivity index (χ3n) is 1.89. The Labute approximate surface area is 81.9 Å². The summed E-state index contributed by atoms with van der Waals surface area (Å²) in [5.41, 5.74) is 1.31. The maximum absolute atomic E-state index is 5.13. The summed E-state index contributed by atoms with van der Waals surface area (Å²) in [6.45, 7) is 2.18. The summed E-state index contributed by atoms with van der Waals surface area (Å²) in [4.78, 5) is 0. The number of hydrogen-bond donors (Lipinski definition) is 0. The number of ether oxygens (including phenoxy) is 1. The summed E-state index contributed by atoms with van der Waals surface area (Å²) >= 11 is 3.46. The highest BCUT2D eigenvalue weighted by Crippen LogP contribution is 2.21. The molecular formula is C10H13BrO. The molecule has 0 saturated carbocycles. The Morgan fingerprint density at radius 1 is 1.50 bits per heavy atom. The molecular weight excluding hydrogens is 216 g/mol. The van der Waals surface area contributed by atoms with Gasteiger partial charge in [-0.2, -0.15) is 0 Å². The molecule has 1 atom stereocenters. The second-order valence-electron chi connectivity index (χ2n) is 2.83. The molecule has 0 aromatic heterocycles. The number of hydrogen-bond acceptors (Lipinski definition) is 1. The van der Waals surface area contributed by atoms with Crippen molar-refractivity contribution < 1.29 is 4.74 Å². The van der Waals surface area contributed by atoms with Gasteiger partial charge in [-0.25, -0.2) is 0 Å². The van der Waals surface area contributed by atoms with Crippen LogP contribution in [-0.2, 0) is 0 Å². The Morgan fingerprint density at radius 2 is 2.25 bits per heavy atom. The van der Waals surface area contributed by atoms with E-state index in [0.29, 0.717) is 5.92 Å². The van der Waals surface area contributed by atoms with E-state index in [1.54, 1.807) is 7.11 Å². The lowest BCUT2D eigenvalue weighted by Crippen LogP contribution is -1.94. The highest BCUT2D eigenvalue weighted by molar-refractivity contribution is 9.09. The van der Waals surface area contributed by atoms with Crippen LogP contribution >= 0.6 is 15.9 Å². The fourth-order valence-corrected chi connectivity index (χ4v) is 1.41. The zero-order chi connectivity index (χ0) is 8.97. The maximum Gasteiger partial charge on any atom is 0.119 e. The van der Waals surface area contributed by atoms with Gasteiger partial charge in [0.1, 0.15) is 5.75 Å². The SMILES string of the molecule is COc1cccc([C@@H](C)CBr)c1. The number of benzene rings is 1. The molecule has 1 rings (SSSR count). The smallest absolute Gasteiger partial charge is 0.119 e. The zero-order valence-electron chi connectivity index (χ0n) is 7.38. The fourth-order valence-electron chi connectivity index (χ4n) is 1.04. The van der Waals surface area contributed by atoms with Gasteiger partial charge in [0, 0.05) is 5.33 Å². The third kappa shape index (κ3) is 2.24. The van der Waals surface area contributed by atoms with Crippen LogP contribution in [-0.4, -0.2) is 12.4 Å². The molecule has 66 valence electrons. The third-order valence-corrected chi connectivity index (χ3v) is 2.87. The van der Waals surface area contributed by atoms with Gasteiger partial charge in [-0.05, 0) is 23.6 Å². The van der Waals surface area contributed by atoms with Crippen LogP contribution in [0.3, 0.4) is 0 Å². The van der Waals surface area contributed by atoms with Gasteiger partial charge in [-0.3, -0.25) is 0 Å². The fraction of sp³-hybridized carbons (Fsp3) is 0.400. The summed E-state index contributed by atoms with van der Waals surface area (Å²) in [6.07, 6.45) is 0. The molecule has 0 aliphatic rings. The van der Waals surface area contributed by atoms with Crippen LogP contribution in [0.1, 0.15) is 18.4 Å². The van der Waals surface area contributed by atoms with E-state index >= 15 is 0 Å². The number of halogens is 1. The Morgan fingerprint density at radius 3 is 2.83 bits per heavy atom. The quantitative estimate of drug-likeness (QED) is 0.723. The minimum atomic E-state index is 0.542. The molecule has 0 fully saturated rings. The molecule has 0 N–H and O–H groups in total. The Balaban J connectivity index is 2.86. The number of methoxy groups -OCH3 is 1. The molecule has 1 nitrogen and oxygen atoms in total. The van der Waals surface area contributed by atoms with Gasteiger partial charge >= 0.3 is 0 Å². The minimum absolute atomic E-state index is 0.542. The largest absolute Gasteiger partial charge is 0.497 e. The minimum Gasteiger partial charge on any atom is -0.497 e. The molecule has 0 bridgehead atoms. The first-order valence-corrected chi connectivity index (χ1v) is 5.10. The molecule has 0 aliphatic heterocycles. The van der Waals surface area contributed by atoms with Gasteiger partial charge < -0.3 is 4.74 Å². The van der Waals surface area contributed by atoms with Gasteiger partial charge in [0.15, 0.2) is 0 Å².